The number of nitrogens with zero attached hydrogens (tertiary/aromatic N) is 1. The first-order chi connectivity index (χ1) is 13.0. The van der Waals surface area contributed by atoms with Crippen LogP contribution >= 0.6 is 0 Å². The predicted molar refractivity (Wildman–Crippen MR) is 107 cm³/mol. The summed E-state index contributed by atoms with van der Waals surface area (Å²) in [6, 6.07) is -0.606. The van der Waals surface area contributed by atoms with E-state index in [0.717, 1.165) is 24.2 Å². The monoisotopic (exact) mass is 379 g/mol. The molecule has 5 nitrogen and oxygen atoms in total. The second-order valence-corrected chi connectivity index (χ2v) is 7.74. The molecule has 0 aromatic rings. The number of imide groups is 1. The summed E-state index contributed by atoms with van der Waals surface area (Å²) in [7, 11) is 0. The average molecular weight is 380 g/mol. The Labute approximate surface area is 164 Å². The number of unbranched alkanes of at least 4 members (excludes halogenated alkanes) is 11. The Bertz CT molecular complexity index is 483. The molecule has 0 aromatic heterocycles. The Hall–Kier alpha value is -1.65. The van der Waals surface area contributed by atoms with Crippen LogP contribution < -0.4 is 0 Å². The van der Waals surface area contributed by atoms with Gasteiger partial charge < -0.3 is 5.11 Å². The van der Waals surface area contributed by atoms with Gasteiger partial charge >= 0.3 is 5.97 Å². The van der Waals surface area contributed by atoms with E-state index < -0.39 is 29.7 Å². The van der Waals surface area contributed by atoms with Crippen LogP contribution in [-0.4, -0.2) is 33.8 Å². The van der Waals surface area contributed by atoms with Crippen LogP contribution in [0.1, 0.15) is 97.3 Å². The number of hydrogen-bond acceptors (Lipinski definition) is 3. The van der Waals surface area contributed by atoms with Crippen molar-refractivity contribution in [2.45, 2.75) is 103 Å². The number of rotatable bonds is 16. The zero-order valence-electron chi connectivity index (χ0n) is 17.1. The van der Waals surface area contributed by atoms with Crippen molar-refractivity contribution in [3.8, 4) is 0 Å². The van der Waals surface area contributed by atoms with Crippen molar-refractivity contribution in [2.75, 3.05) is 0 Å². The average Bonchev–Trinajstić information content (AvgIpc) is 2.96. The largest absolute Gasteiger partial charge is 0.481 e. The third-order valence-electron chi connectivity index (χ3n) is 5.52. The standard InChI is InChI=1S/C22H37NO4/c1-3-4-5-6-7-8-9-10-11-12-13-14-15-19(22(26)27)18(2)23-20(24)16-17-21(23)25/h16-19H,3-15H2,1-2H3,(H,26,27). The molecular formula is C22H37NO4. The van der Waals surface area contributed by atoms with Crippen LogP contribution in [0, 0.1) is 5.92 Å². The highest BCUT2D eigenvalue weighted by atomic mass is 16.4. The minimum Gasteiger partial charge on any atom is -0.481 e. The van der Waals surface area contributed by atoms with Gasteiger partial charge in [0.25, 0.3) is 11.8 Å². The molecule has 154 valence electrons. The van der Waals surface area contributed by atoms with Gasteiger partial charge in [0.05, 0.1) is 12.0 Å². The zero-order valence-corrected chi connectivity index (χ0v) is 17.1. The van der Waals surface area contributed by atoms with Gasteiger partial charge in [-0.2, -0.15) is 0 Å². The predicted octanol–water partition coefficient (Wildman–Crippen LogP) is 5.09. The highest BCUT2D eigenvalue weighted by Crippen LogP contribution is 2.22. The molecule has 2 atom stereocenters. The van der Waals surface area contributed by atoms with Gasteiger partial charge in [0, 0.05) is 12.2 Å². The maximum atomic E-state index is 11.8. The summed E-state index contributed by atoms with van der Waals surface area (Å²) in [6.07, 6.45) is 17.7. The molecular weight excluding hydrogens is 342 g/mol. The fraction of sp³-hybridized carbons (Fsp3) is 0.773. The molecule has 0 radical (unpaired) electrons. The highest BCUT2D eigenvalue weighted by Gasteiger charge is 2.36. The quantitative estimate of drug-likeness (QED) is 0.299. The molecule has 0 saturated carbocycles. The van der Waals surface area contributed by atoms with E-state index in [4.69, 9.17) is 0 Å². The summed E-state index contributed by atoms with van der Waals surface area (Å²) in [4.78, 5) is 36.1. The van der Waals surface area contributed by atoms with Gasteiger partial charge in [-0.25, -0.2) is 0 Å². The molecule has 1 aliphatic rings. The van der Waals surface area contributed by atoms with E-state index in [-0.39, 0.29) is 0 Å². The van der Waals surface area contributed by atoms with Gasteiger partial charge in [0.1, 0.15) is 0 Å². The van der Waals surface area contributed by atoms with E-state index in [1.807, 2.05) is 0 Å². The molecule has 1 aliphatic heterocycles. The maximum absolute atomic E-state index is 11.8. The van der Waals surface area contributed by atoms with Crippen molar-refractivity contribution < 1.29 is 19.5 Å². The van der Waals surface area contributed by atoms with E-state index in [1.165, 1.54) is 69.9 Å². The Morgan fingerprint density at radius 1 is 0.852 bits per heavy atom. The number of hydrogen-bond donors (Lipinski definition) is 1. The number of amides is 2. The van der Waals surface area contributed by atoms with E-state index in [9.17, 15) is 19.5 Å². The van der Waals surface area contributed by atoms with Gasteiger partial charge in [0.15, 0.2) is 0 Å². The van der Waals surface area contributed by atoms with Crippen LogP contribution in [0.3, 0.4) is 0 Å². The Morgan fingerprint density at radius 3 is 1.67 bits per heavy atom. The van der Waals surface area contributed by atoms with E-state index in [2.05, 4.69) is 6.92 Å². The molecule has 0 aromatic carbocycles. The lowest BCUT2D eigenvalue weighted by atomic mass is 9.93. The third kappa shape index (κ3) is 8.72. The van der Waals surface area contributed by atoms with Crippen LogP contribution in [-0.2, 0) is 14.4 Å². The van der Waals surface area contributed by atoms with Gasteiger partial charge in [0.2, 0.25) is 0 Å². The maximum Gasteiger partial charge on any atom is 0.308 e. The minimum absolute atomic E-state index is 0.409. The Balaban J connectivity index is 2.13. The van der Waals surface area contributed by atoms with E-state index >= 15 is 0 Å². The van der Waals surface area contributed by atoms with Gasteiger partial charge in [-0.05, 0) is 13.3 Å². The highest BCUT2D eigenvalue weighted by molar-refractivity contribution is 6.13. The van der Waals surface area contributed by atoms with E-state index in [1.54, 1.807) is 6.92 Å². The lowest BCUT2D eigenvalue weighted by molar-refractivity contribution is -0.148. The molecule has 5 heteroatoms. The summed E-state index contributed by atoms with van der Waals surface area (Å²) >= 11 is 0. The van der Waals surface area contributed by atoms with Crippen LogP contribution in [0.2, 0.25) is 0 Å². The van der Waals surface area contributed by atoms with Crippen molar-refractivity contribution in [3.05, 3.63) is 12.2 Å². The first-order valence-corrected chi connectivity index (χ1v) is 10.8. The van der Waals surface area contributed by atoms with Crippen molar-refractivity contribution in [1.82, 2.24) is 4.90 Å². The molecule has 27 heavy (non-hydrogen) atoms. The lowest BCUT2D eigenvalue weighted by Crippen LogP contribution is -2.45. The number of carbonyl (C=O) groups excluding carboxylic acids is 2. The Kier molecular flexibility index (Phi) is 11.7. The van der Waals surface area contributed by atoms with Crippen LogP contribution in [0.25, 0.3) is 0 Å². The van der Waals surface area contributed by atoms with Gasteiger partial charge in [-0.1, -0.05) is 84.0 Å². The summed E-state index contributed by atoms with van der Waals surface area (Å²) < 4.78 is 0. The van der Waals surface area contributed by atoms with Crippen molar-refractivity contribution in [1.29, 1.82) is 0 Å². The molecule has 1 rings (SSSR count). The molecule has 1 N–H and O–H groups in total. The second-order valence-electron chi connectivity index (χ2n) is 7.74. The number of carbonyl (C=O) groups is 3. The number of carboxylic acids is 1. The summed E-state index contributed by atoms with van der Waals surface area (Å²) in [5.74, 6) is -2.44. The SMILES string of the molecule is CCCCCCCCCCCCCCC(C(=O)O)C(C)N1C(=O)C=CC1=O. The number of carboxylic acid groups (broad SMARTS) is 1. The minimum atomic E-state index is -0.932. The van der Waals surface area contributed by atoms with Crippen LogP contribution in [0.4, 0.5) is 0 Å². The fourth-order valence-corrected chi connectivity index (χ4v) is 3.77. The van der Waals surface area contributed by atoms with Crippen molar-refractivity contribution in [3.63, 3.8) is 0 Å². The zero-order chi connectivity index (χ0) is 20.1. The lowest BCUT2D eigenvalue weighted by Gasteiger charge is -2.27. The summed E-state index contributed by atoms with van der Waals surface area (Å²) in [5, 5.41) is 9.48. The topological polar surface area (TPSA) is 74.7 Å². The molecule has 0 fully saturated rings. The third-order valence-corrected chi connectivity index (χ3v) is 5.52. The smallest absolute Gasteiger partial charge is 0.308 e. The summed E-state index contributed by atoms with van der Waals surface area (Å²) in [5.41, 5.74) is 0. The molecule has 2 unspecified atom stereocenters. The van der Waals surface area contributed by atoms with Gasteiger partial charge in [-0.15, -0.1) is 0 Å². The van der Waals surface area contributed by atoms with Crippen LogP contribution in [0.15, 0.2) is 12.2 Å². The second kappa shape index (κ2) is 13.5. The molecule has 0 aliphatic carbocycles. The van der Waals surface area contributed by atoms with E-state index in [0.29, 0.717) is 6.42 Å². The van der Waals surface area contributed by atoms with Crippen molar-refractivity contribution >= 4 is 17.8 Å². The van der Waals surface area contributed by atoms with Gasteiger partial charge in [-0.3, -0.25) is 19.3 Å². The molecule has 0 bridgehead atoms. The first kappa shape index (κ1) is 23.4. The molecule has 2 amide bonds. The Morgan fingerprint density at radius 2 is 1.26 bits per heavy atom. The first-order valence-electron chi connectivity index (χ1n) is 10.8. The normalized spacial score (nSPS) is 16.1. The summed E-state index contributed by atoms with van der Waals surface area (Å²) in [6.45, 7) is 3.89. The molecule has 1 heterocycles. The molecule has 0 saturated heterocycles. The molecule has 0 spiro atoms. The number of aliphatic carboxylic acids is 1. The fourth-order valence-electron chi connectivity index (χ4n) is 3.77. The van der Waals surface area contributed by atoms with Crippen molar-refractivity contribution in [2.24, 2.45) is 5.92 Å². The van der Waals surface area contributed by atoms with Crippen LogP contribution in [0.5, 0.6) is 0 Å².